The molecular formula is C18H21N3O5. The molecule has 138 valence electrons. The molecule has 1 amide bonds. The van der Waals surface area contributed by atoms with E-state index in [0.717, 1.165) is 18.4 Å². The number of aliphatic carboxylic acids is 1. The Morgan fingerprint density at radius 2 is 1.96 bits per heavy atom. The second-order valence-electron chi connectivity index (χ2n) is 6.38. The Hall–Kier alpha value is -2.90. The number of ether oxygens (including phenoxy) is 1. The van der Waals surface area contributed by atoms with Crippen molar-refractivity contribution >= 4 is 12.1 Å². The summed E-state index contributed by atoms with van der Waals surface area (Å²) in [6.07, 6.45) is 2.78. The van der Waals surface area contributed by atoms with Gasteiger partial charge in [0.1, 0.15) is 12.1 Å². The summed E-state index contributed by atoms with van der Waals surface area (Å²) in [6.45, 7) is 0.179. The zero-order valence-corrected chi connectivity index (χ0v) is 14.3. The van der Waals surface area contributed by atoms with Crippen LogP contribution in [0.25, 0.3) is 0 Å². The first-order valence-corrected chi connectivity index (χ1v) is 8.61. The second kappa shape index (κ2) is 7.99. The normalized spacial score (nSPS) is 15.5. The SMILES string of the molecule is O=C(O)CCc1nc(C2(NC(=O)OCc3ccccc3)CCCC2)no1. The molecule has 1 aliphatic carbocycles. The maximum atomic E-state index is 12.3. The van der Waals surface area contributed by atoms with Crippen molar-refractivity contribution in [2.24, 2.45) is 0 Å². The first kappa shape index (κ1) is 17.9. The first-order chi connectivity index (χ1) is 12.6. The van der Waals surface area contributed by atoms with Crippen molar-refractivity contribution in [2.45, 2.75) is 50.7 Å². The van der Waals surface area contributed by atoms with Crippen molar-refractivity contribution in [1.82, 2.24) is 15.5 Å². The number of hydrogen-bond acceptors (Lipinski definition) is 6. The van der Waals surface area contributed by atoms with Crippen LogP contribution in [-0.4, -0.2) is 27.3 Å². The molecule has 1 aromatic heterocycles. The van der Waals surface area contributed by atoms with E-state index in [1.807, 2.05) is 30.3 Å². The van der Waals surface area contributed by atoms with Crippen LogP contribution in [0.2, 0.25) is 0 Å². The molecule has 2 aromatic rings. The number of carbonyl (C=O) groups excluding carboxylic acids is 1. The highest BCUT2D eigenvalue weighted by Crippen LogP contribution is 2.37. The molecule has 0 unspecified atom stereocenters. The minimum Gasteiger partial charge on any atom is -0.481 e. The van der Waals surface area contributed by atoms with Crippen LogP contribution in [0.1, 0.15) is 49.4 Å². The maximum absolute atomic E-state index is 12.3. The van der Waals surface area contributed by atoms with Gasteiger partial charge in [-0.1, -0.05) is 48.3 Å². The predicted molar refractivity (Wildman–Crippen MR) is 90.2 cm³/mol. The molecule has 1 saturated carbocycles. The van der Waals surface area contributed by atoms with Crippen molar-refractivity contribution in [1.29, 1.82) is 0 Å². The molecule has 0 bridgehead atoms. The number of aryl methyl sites for hydroxylation is 1. The Morgan fingerprint density at radius 3 is 2.65 bits per heavy atom. The van der Waals surface area contributed by atoms with E-state index in [1.54, 1.807) is 0 Å². The number of rotatable bonds is 7. The van der Waals surface area contributed by atoms with Crippen LogP contribution in [0.4, 0.5) is 4.79 Å². The molecular weight excluding hydrogens is 338 g/mol. The smallest absolute Gasteiger partial charge is 0.408 e. The van der Waals surface area contributed by atoms with Gasteiger partial charge in [0.15, 0.2) is 5.82 Å². The number of nitrogens with zero attached hydrogens (tertiary/aromatic N) is 2. The van der Waals surface area contributed by atoms with Gasteiger partial charge < -0.3 is 19.7 Å². The van der Waals surface area contributed by atoms with Crippen LogP contribution in [0.15, 0.2) is 34.9 Å². The van der Waals surface area contributed by atoms with Crippen molar-refractivity contribution < 1.29 is 24.0 Å². The summed E-state index contributed by atoms with van der Waals surface area (Å²) in [5, 5.41) is 15.6. The Morgan fingerprint density at radius 1 is 1.23 bits per heavy atom. The molecule has 0 aliphatic heterocycles. The van der Waals surface area contributed by atoms with Crippen molar-refractivity contribution in [3.63, 3.8) is 0 Å². The van der Waals surface area contributed by atoms with E-state index >= 15 is 0 Å². The summed E-state index contributed by atoms with van der Waals surface area (Å²) in [5.74, 6) is -0.289. The average Bonchev–Trinajstić information content (AvgIpc) is 3.29. The van der Waals surface area contributed by atoms with Gasteiger partial charge in [0, 0.05) is 6.42 Å². The van der Waals surface area contributed by atoms with Crippen molar-refractivity contribution in [3.05, 3.63) is 47.6 Å². The van der Waals surface area contributed by atoms with Crippen molar-refractivity contribution in [3.8, 4) is 0 Å². The molecule has 8 nitrogen and oxygen atoms in total. The number of aromatic nitrogens is 2. The topological polar surface area (TPSA) is 115 Å². The number of carbonyl (C=O) groups is 2. The molecule has 1 aromatic carbocycles. The molecule has 0 saturated heterocycles. The summed E-state index contributed by atoms with van der Waals surface area (Å²) in [5.41, 5.74) is 0.178. The highest BCUT2D eigenvalue weighted by Gasteiger charge is 2.42. The Kier molecular flexibility index (Phi) is 5.50. The lowest BCUT2D eigenvalue weighted by Gasteiger charge is -2.26. The quantitative estimate of drug-likeness (QED) is 0.781. The molecule has 1 aliphatic rings. The van der Waals surface area contributed by atoms with Crippen molar-refractivity contribution in [2.75, 3.05) is 0 Å². The lowest BCUT2D eigenvalue weighted by Crippen LogP contribution is -2.44. The van der Waals surface area contributed by atoms with Gasteiger partial charge in [-0.05, 0) is 18.4 Å². The van der Waals surface area contributed by atoms with Crippen LogP contribution in [0.3, 0.4) is 0 Å². The number of hydrogen-bond donors (Lipinski definition) is 2. The van der Waals surface area contributed by atoms with Crippen LogP contribution in [-0.2, 0) is 28.1 Å². The number of carboxylic acid groups (broad SMARTS) is 1. The predicted octanol–water partition coefficient (Wildman–Crippen LogP) is 2.78. The van der Waals surface area contributed by atoms with E-state index in [-0.39, 0.29) is 25.3 Å². The molecule has 3 rings (SSSR count). The van der Waals surface area contributed by atoms with Crippen LogP contribution in [0, 0.1) is 0 Å². The minimum atomic E-state index is -0.928. The van der Waals surface area contributed by atoms with Crippen LogP contribution in [0.5, 0.6) is 0 Å². The fourth-order valence-electron chi connectivity index (χ4n) is 3.10. The molecule has 8 heteroatoms. The van der Waals surface area contributed by atoms with E-state index in [4.69, 9.17) is 14.4 Å². The van der Waals surface area contributed by atoms with E-state index in [9.17, 15) is 9.59 Å². The molecule has 0 spiro atoms. The Balaban J connectivity index is 1.64. The van der Waals surface area contributed by atoms with E-state index < -0.39 is 17.6 Å². The van der Waals surface area contributed by atoms with Gasteiger partial charge in [-0.2, -0.15) is 4.98 Å². The summed E-state index contributed by atoms with van der Waals surface area (Å²) in [6, 6.07) is 9.42. The van der Waals surface area contributed by atoms with Gasteiger partial charge in [-0.15, -0.1) is 0 Å². The third-order valence-electron chi connectivity index (χ3n) is 4.46. The number of nitrogens with one attached hydrogen (secondary N) is 1. The largest absolute Gasteiger partial charge is 0.481 e. The third-order valence-corrected chi connectivity index (χ3v) is 4.46. The second-order valence-corrected chi connectivity index (χ2v) is 6.38. The highest BCUT2D eigenvalue weighted by atomic mass is 16.5. The Bertz CT molecular complexity index is 753. The Labute approximate surface area is 150 Å². The van der Waals surface area contributed by atoms with E-state index in [1.165, 1.54) is 0 Å². The first-order valence-electron chi connectivity index (χ1n) is 8.61. The highest BCUT2D eigenvalue weighted by molar-refractivity contribution is 5.68. The summed E-state index contributed by atoms with van der Waals surface area (Å²) in [4.78, 5) is 27.2. The number of alkyl carbamates (subject to hydrolysis) is 1. The van der Waals surface area contributed by atoms with E-state index in [2.05, 4.69) is 15.5 Å². The number of benzene rings is 1. The zero-order chi connectivity index (χ0) is 18.4. The third kappa shape index (κ3) is 4.38. The van der Waals surface area contributed by atoms with Gasteiger partial charge in [0.25, 0.3) is 0 Å². The number of carboxylic acids is 1. The molecule has 0 radical (unpaired) electrons. The summed E-state index contributed by atoms with van der Waals surface area (Å²) < 4.78 is 10.5. The monoisotopic (exact) mass is 359 g/mol. The fraction of sp³-hybridized carbons (Fsp3) is 0.444. The molecule has 2 N–H and O–H groups in total. The molecule has 0 atom stereocenters. The lowest BCUT2D eigenvalue weighted by molar-refractivity contribution is -0.137. The fourth-order valence-corrected chi connectivity index (χ4v) is 3.10. The lowest BCUT2D eigenvalue weighted by atomic mass is 9.97. The minimum absolute atomic E-state index is 0.0822. The van der Waals surface area contributed by atoms with Gasteiger partial charge in [-0.3, -0.25) is 4.79 Å². The average molecular weight is 359 g/mol. The van der Waals surface area contributed by atoms with Crippen LogP contribution >= 0.6 is 0 Å². The van der Waals surface area contributed by atoms with Gasteiger partial charge in [0.2, 0.25) is 5.89 Å². The van der Waals surface area contributed by atoms with Gasteiger partial charge >= 0.3 is 12.1 Å². The maximum Gasteiger partial charge on any atom is 0.408 e. The molecule has 1 heterocycles. The van der Waals surface area contributed by atoms with Gasteiger partial charge in [-0.25, -0.2) is 4.79 Å². The number of amides is 1. The standard InChI is InChI=1S/C18H21N3O5/c22-15(23)9-8-14-19-16(21-26-14)18(10-4-5-11-18)20-17(24)25-12-13-6-2-1-3-7-13/h1-3,6-7H,4-5,8-12H2,(H,20,24)(H,22,23). The van der Waals surface area contributed by atoms with Crippen LogP contribution < -0.4 is 5.32 Å². The van der Waals surface area contributed by atoms with E-state index in [0.29, 0.717) is 18.7 Å². The van der Waals surface area contributed by atoms with Gasteiger partial charge in [0.05, 0.1) is 6.42 Å². The summed E-state index contributed by atoms with van der Waals surface area (Å²) in [7, 11) is 0. The molecule has 26 heavy (non-hydrogen) atoms. The zero-order valence-electron chi connectivity index (χ0n) is 14.3. The summed E-state index contributed by atoms with van der Waals surface area (Å²) >= 11 is 0. The molecule has 1 fully saturated rings.